The number of ether oxygens (including phenoxy) is 1. The second-order valence-electron chi connectivity index (χ2n) is 3.44. The summed E-state index contributed by atoms with van der Waals surface area (Å²) < 4.78 is 5.29. The van der Waals surface area contributed by atoms with Crippen molar-refractivity contribution in [3.8, 4) is 0 Å². The van der Waals surface area contributed by atoms with Crippen LogP contribution in [-0.4, -0.2) is 13.2 Å². The van der Waals surface area contributed by atoms with Gasteiger partial charge in [-0.2, -0.15) is 0 Å². The fourth-order valence-corrected chi connectivity index (χ4v) is 1.98. The van der Waals surface area contributed by atoms with Crippen LogP contribution in [0.3, 0.4) is 0 Å². The molecule has 78 valence electrons. The molecule has 1 unspecified atom stereocenters. The first kappa shape index (κ1) is 11.8. The lowest BCUT2D eigenvalue weighted by atomic mass is 9.90. The predicted octanol–water partition coefficient (Wildman–Crippen LogP) is 2.34. The largest absolute Gasteiger partial charge is 0.379 e. The average Bonchev–Trinajstić information content (AvgIpc) is 2.54. The van der Waals surface area contributed by atoms with Gasteiger partial charge >= 0.3 is 0 Å². The highest BCUT2D eigenvalue weighted by molar-refractivity contribution is 6.31. The molecule has 0 aliphatic carbocycles. The molecule has 1 saturated heterocycles. The number of hydrogen-bond acceptors (Lipinski definition) is 2. The van der Waals surface area contributed by atoms with Crippen LogP contribution in [0.5, 0.6) is 0 Å². The second kappa shape index (κ2) is 4.49. The van der Waals surface area contributed by atoms with Crippen molar-refractivity contribution in [1.82, 2.24) is 0 Å². The van der Waals surface area contributed by atoms with Gasteiger partial charge in [-0.05, 0) is 18.1 Å². The van der Waals surface area contributed by atoms with Crippen molar-refractivity contribution >= 4 is 24.0 Å². The van der Waals surface area contributed by atoms with E-state index in [0.29, 0.717) is 6.61 Å². The first-order valence-electron chi connectivity index (χ1n) is 4.34. The summed E-state index contributed by atoms with van der Waals surface area (Å²) in [6.07, 6.45) is 0.844. The van der Waals surface area contributed by atoms with E-state index < -0.39 is 0 Å². The third kappa shape index (κ3) is 2.04. The molecule has 0 aromatic heterocycles. The average molecular weight is 234 g/mol. The Bertz CT molecular complexity index is 311. The molecular formula is C10H13Cl2NO. The van der Waals surface area contributed by atoms with E-state index in [-0.39, 0.29) is 17.9 Å². The fourth-order valence-electron chi connectivity index (χ4n) is 1.66. The lowest BCUT2D eigenvalue weighted by Gasteiger charge is -2.23. The summed E-state index contributed by atoms with van der Waals surface area (Å²) in [6.45, 7) is 1.29. The zero-order chi connectivity index (χ0) is 9.31. The number of benzene rings is 1. The van der Waals surface area contributed by atoms with Gasteiger partial charge in [0.05, 0.1) is 12.1 Å². The van der Waals surface area contributed by atoms with Gasteiger partial charge in [0, 0.05) is 11.6 Å². The normalized spacial score (nSPS) is 25.9. The third-order valence-corrected chi connectivity index (χ3v) is 2.79. The molecule has 0 amide bonds. The van der Waals surface area contributed by atoms with E-state index in [1.807, 2.05) is 24.3 Å². The van der Waals surface area contributed by atoms with E-state index in [0.717, 1.165) is 23.6 Å². The Morgan fingerprint density at radius 3 is 2.64 bits per heavy atom. The molecule has 0 radical (unpaired) electrons. The lowest BCUT2D eigenvalue weighted by molar-refractivity contribution is 0.178. The Morgan fingerprint density at radius 1 is 1.36 bits per heavy atom. The zero-order valence-electron chi connectivity index (χ0n) is 7.70. The minimum atomic E-state index is -0.377. The van der Waals surface area contributed by atoms with Crippen LogP contribution in [0.2, 0.25) is 5.02 Å². The van der Waals surface area contributed by atoms with E-state index in [9.17, 15) is 0 Å². The van der Waals surface area contributed by atoms with Crippen LogP contribution in [0.4, 0.5) is 0 Å². The van der Waals surface area contributed by atoms with Crippen LogP contribution in [0, 0.1) is 0 Å². The Kier molecular flexibility index (Phi) is 3.78. The first-order valence-corrected chi connectivity index (χ1v) is 4.72. The molecule has 1 aliphatic heterocycles. The maximum Gasteiger partial charge on any atom is 0.0689 e. The highest BCUT2D eigenvalue weighted by atomic mass is 35.5. The summed E-state index contributed by atoms with van der Waals surface area (Å²) >= 11 is 6.06. The van der Waals surface area contributed by atoms with Crippen molar-refractivity contribution in [2.45, 2.75) is 12.0 Å². The Balaban J connectivity index is 0.000000980. The van der Waals surface area contributed by atoms with Gasteiger partial charge in [0.1, 0.15) is 0 Å². The van der Waals surface area contributed by atoms with Crippen molar-refractivity contribution in [3.05, 3.63) is 34.9 Å². The van der Waals surface area contributed by atoms with E-state index in [4.69, 9.17) is 22.1 Å². The molecule has 1 aromatic rings. The van der Waals surface area contributed by atoms with Gasteiger partial charge in [-0.15, -0.1) is 12.4 Å². The van der Waals surface area contributed by atoms with Crippen LogP contribution in [0.25, 0.3) is 0 Å². The Labute approximate surface area is 94.8 Å². The molecule has 0 spiro atoms. The third-order valence-electron chi connectivity index (χ3n) is 2.46. The smallest absolute Gasteiger partial charge is 0.0689 e. The maximum absolute atomic E-state index is 6.17. The SMILES string of the molecule is Cl.NC1(c2ccccc2Cl)CCOC1. The van der Waals surface area contributed by atoms with Crippen molar-refractivity contribution in [3.63, 3.8) is 0 Å². The van der Waals surface area contributed by atoms with Gasteiger partial charge in [0.15, 0.2) is 0 Å². The van der Waals surface area contributed by atoms with Gasteiger partial charge in [-0.3, -0.25) is 0 Å². The highest BCUT2D eigenvalue weighted by Crippen LogP contribution is 2.32. The molecule has 2 N–H and O–H groups in total. The molecule has 1 fully saturated rings. The predicted molar refractivity (Wildman–Crippen MR) is 60.0 cm³/mol. The molecule has 14 heavy (non-hydrogen) atoms. The van der Waals surface area contributed by atoms with Crippen LogP contribution < -0.4 is 5.73 Å². The van der Waals surface area contributed by atoms with Gasteiger partial charge in [0.25, 0.3) is 0 Å². The van der Waals surface area contributed by atoms with Gasteiger partial charge in [0.2, 0.25) is 0 Å². The highest BCUT2D eigenvalue weighted by Gasteiger charge is 2.33. The molecule has 1 aromatic carbocycles. The summed E-state index contributed by atoms with van der Waals surface area (Å²) in [7, 11) is 0. The summed E-state index contributed by atoms with van der Waals surface area (Å²) in [5.41, 5.74) is 6.79. The molecule has 0 bridgehead atoms. The summed E-state index contributed by atoms with van der Waals surface area (Å²) in [6, 6.07) is 7.69. The summed E-state index contributed by atoms with van der Waals surface area (Å²) in [5.74, 6) is 0. The van der Waals surface area contributed by atoms with E-state index in [2.05, 4.69) is 0 Å². The topological polar surface area (TPSA) is 35.2 Å². The van der Waals surface area contributed by atoms with Crippen LogP contribution >= 0.6 is 24.0 Å². The Hall–Kier alpha value is -0.280. The number of halogens is 2. The van der Waals surface area contributed by atoms with Gasteiger partial charge in [-0.25, -0.2) is 0 Å². The first-order chi connectivity index (χ1) is 6.22. The number of rotatable bonds is 1. The minimum Gasteiger partial charge on any atom is -0.379 e. The van der Waals surface area contributed by atoms with Gasteiger partial charge in [-0.1, -0.05) is 29.8 Å². The van der Waals surface area contributed by atoms with Crippen molar-refractivity contribution < 1.29 is 4.74 Å². The minimum absolute atomic E-state index is 0. The van der Waals surface area contributed by atoms with Crippen LogP contribution in [-0.2, 0) is 10.3 Å². The number of nitrogens with two attached hydrogens (primary N) is 1. The van der Waals surface area contributed by atoms with Crippen molar-refractivity contribution in [2.75, 3.05) is 13.2 Å². The van der Waals surface area contributed by atoms with Crippen LogP contribution in [0.1, 0.15) is 12.0 Å². The quantitative estimate of drug-likeness (QED) is 0.809. The standard InChI is InChI=1S/C10H12ClNO.ClH/c11-9-4-2-1-3-8(9)10(12)5-6-13-7-10;/h1-4H,5-7,12H2;1H. The lowest BCUT2D eigenvalue weighted by Crippen LogP contribution is -2.37. The number of hydrogen-bond donors (Lipinski definition) is 1. The fraction of sp³-hybridized carbons (Fsp3) is 0.400. The van der Waals surface area contributed by atoms with Crippen molar-refractivity contribution in [2.24, 2.45) is 5.73 Å². The molecule has 1 aliphatic rings. The molecule has 1 heterocycles. The molecule has 2 nitrogen and oxygen atoms in total. The molecule has 2 rings (SSSR count). The maximum atomic E-state index is 6.17. The van der Waals surface area contributed by atoms with E-state index in [1.54, 1.807) is 0 Å². The monoisotopic (exact) mass is 233 g/mol. The van der Waals surface area contributed by atoms with Crippen molar-refractivity contribution in [1.29, 1.82) is 0 Å². The Morgan fingerprint density at radius 2 is 2.07 bits per heavy atom. The molecule has 0 saturated carbocycles. The zero-order valence-corrected chi connectivity index (χ0v) is 9.27. The molecular weight excluding hydrogens is 221 g/mol. The molecule has 4 heteroatoms. The van der Waals surface area contributed by atoms with Gasteiger partial charge < -0.3 is 10.5 Å². The summed E-state index contributed by atoms with van der Waals surface area (Å²) in [4.78, 5) is 0. The molecule has 1 atom stereocenters. The van der Waals surface area contributed by atoms with E-state index >= 15 is 0 Å². The van der Waals surface area contributed by atoms with E-state index in [1.165, 1.54) is 0 Å². The van der Waals surface area contributed by atoms with Crippen LogP contribution in [0.15, 0.2) is 24.3 Å². The summed E-state index contributed by atoms with van der Waals surface area (Å²) in [5, 5.41) is 0.732. The second-order valence-corrected chi connectivity index (χ2v) is 3.85.